The number of rotatable bonds is 2. The lowest BCUT2D eigenvalue weighted by molar-refractivity contribution is 0.471. The molecule has 2 aromatic carbocycles. The van der Waals surface area contributed by atoms with E-state index in [1.54, 1.807) is 0 Å². The number of aryl methyl sites for hydroxylation is 1. The molecule has 1 atom stereocenters. The molecule has 1 aliphatic heterocycles. The van der Waals surface area contributed by atoms with Crippen LogP contribution in [0.2, 0.25) is 0 Å². The third-order valence-electron chi connectivity index (χ3n) is 6.45. The van der Waals surface area contributed by atoms with E-state index in [0.717, 1.165) is 19.4 Å². The number of fused-ring (bicyclic) bond motifs is 4. The van der Waals surface area contributed by atoms with E-state index in [1.807, 2.05) is 0 Å². The Hall–Kier alpha value is -3.24. The maximum Gasteiger partial charge on any atom is 0.0489 e. The first-order valence-electron chi connectivity index (χ1n) is 10.3. The molecule has 0 radical (unpaired) electrons. The molecule has 1 aliphatic rings. The van der Waals surface area contributed by atoms with Gasteiger partial charge in [0.1, 0.15) is 0 Å². The van der Waals surface area contributed by atoms with E-state index >= 15 is 0 Å². The average Bonchev–Trinajstić information content (AvgIpc) is 3.42. The van der Waals surface area contributed by atoms with E-state index in [2.05, 4.69) is 88.3 Å². The highest BCUT2D eigenvalue weighted by molar-refractivity contribution is 6.06. The molecular formula is C25H24N4. The highest BCUT2D eigenvalue weighted by Gasteiger charge is 2.26. The van der Waals surface area contributed by atoms with Gasteiger partial charge in [-0.05, 0) is 25.0 Å². The lowest BCUT2D eigenvalue weighted by Crippen LogP contribution is -2.31. The molecule has 0 saturated heterocycles. The number of hydrogen-bond donors (Lipinski definition) is 2. The van der Waals surface area contributed by atoms with Crippen LogP contribution in [0.5, 0.6) is 0 Å². The summed E-state index contributed by atoms with van der Waals surface area (Å²) in [7, 11) is 2.12. The molecule has 4 heterocycles. The largest absolute Gasteiger partial charge is 0.366 e. The smallest absolute Gasteiger partial charge is 0.0489 e. The van der Waals surface area contributed by atoms with Gasteiger partial charge in [0.05, 0.1) is 0 Å². The quantitative estimate of drug-likeness (QED) is 0.441. The topological polar surface area (TPSA) is 51.7 Å². The number of nitrogens with zero attached hydrogens (tertiary/aromatic N) is 2. The van der Waals surface area contributed by atoms with Crippen molar-refractivity contribution in [3.8, 4) is 22.3 Å². The number of nitrogens with two attached hydrogens (primary N) is 1. The second kappa shape index (κ2) is 6.13. The summed E-state index contributed by atoms with van der Waals surface area (Å²) in [6, 6.07) is 17.6. The van der Waals surface area contributed by atoms with E-state index in [0.29, 0.717) is 0 Å². The van der Waals surface area contributed by atoms with Crippen molar-refractivity contribution in [3.63, 3.8) is 0 Å². The summed E-state index contributed by atoms with van der Waals surface area (Å²) in [5, 5.41) is 2.60. The second-order valence-electron chi connectivity index (χ2n) is 8.20. The van der Waals surface area contributed by atoms with Crippen LogP contribution in [-0.2, 0) is 20.0 Å². The Bertz CT molecular complexity index is 1360. The van der Waals surface area contributed by atoms with Gasteiger partial charge in [-0.15, -0.1) is 0 Å². The van der Waals surface area contributed by atoms with Gasteiger partial charge in [0.2, 0.25) is 0 Å². The van der Waals surface area contributed by atoms with Gasteiger partial charge in [-0.1, -0.05) is 36.4 Å². The average molecular weight is 380 g/mol. The Morgan fingerprint density at radius 1 is 0.897 bits per heavy atom. The molecule has 0 spiro atoms. The number of nitrogens with one attached hydrogen (secondary N) is 1. The van der Waals surface area contributed by atoms with Crippen LogP contribution in [0.15, 0.2) is 67.1 Å². The van der Waals surface area contributed by atoms with Crippen LogP contribution in [-0.4, -0.2) is 20.2 Å². The monoisotopic (exact) mass is 380 g/mol. The third-order valence-corrected chi connectivity index (χ3v) is 6.45. The van der Waals surface area contributed by atoms with Crippen LogP contribution in [0.1, 0.15) is 12.1 Å². The highest BCUT2D eigenvalue weighted by atomic mass is 15.0. The van der Waals surface area contributed by atoms with Crippen molar-refractivity contribution in [2.24, 2.45) is 12.8 Å². The predicted octanol–water partition coefficient (Wildman–Crippen LogP) is 5.07. The minimum absolute atomic E-state index is 0.231. The van der Waals surface area contributed by atoms with Gasteiger partial charge in [0, 0.05) is 88.0 Å². The van der Waals surface area contributed by atoms with Crippen molar-refractivity contribution in [1.82, 2.24) is 14.1 Å². The van der Waals surface area contributed by atoms with Gasteiger partial charge in [-0.25, -0.2) is 0 Å². The Morgan fingerprint density at radius 2 is 1.62 bits per heavy atom. The number of para-hydroxylation sites is 2. The normalized spacial score (nSPS) is 16.6. The predicted molar refractivity (Wildman–Crippen MR) is 120 cm³/mol. The number of benzene rings is 2. The lowest BCUT2D eigenvalue weighted by atomic mass is 9.94. The maximum atomic E-state index is 6.32. The first-order chi connectivity index (χ1) is 14.2. The molecule has 3 aromatic heterocycles. The Morgan fingerprint density at radius 3 is 2.48 bits per heavy atom. The fraction of sp³-hybridized carbons (Fsp3) is 0.200. The highest BCUT2D eigenvalue weighted by Crippen LogP contribution is 2.43. The molecular weight excluding hydrogens is 356 g/mol. The molecule has 4 nitrogen and oxygen atoms in total. The van der Waals surface area contributed by atoms with Crippen molar-refractivity contribution in [2.75, 3.05) is 0 Å². The van der Waals surface area contributed by atoms with Crippen LogP contribution in [0.3, 0.4) is 0 Å². The number of aromatic nitrogens is 3. The van der Waals surface area contributed by atoms with Gasteiger partial charge in [0.25, 0.3) is 0 Å². The Balaban J connectivity index is 1.65. The fourth-order valence-corrected chi connectivity index (χ4v) is 5.12. The van der Waals surface area contributed by atoms with Crippen LogP contribution in [0, 0.1) is 0 Å². The molecule has 4 heteroatoms. The van der Waals surface area contributed by atoms with Crippen molar-refractivity contribution in [2.45, 2.75) is 25.4 Å². The number of hydrogen-bond acceptors (Lipinski definition) is 1. The maximum absolute atomic E-state index is 6.32. The van der Waals surface area contributed by atoms with Crippen LogP contribution < -0.4 is 5.73 Å². The number of H-pyrrole nitrogens is 1. The fourth-order valence-electron chi connectivity index (χ4n) is 5.12. The Labute approximate surface area is 169 Å². The van der Waals surface area contributed by atoms with Crippen molar-refractivity contribution < 1.29 is 0 Å². The zero-order valence-corrected chi connectivity index (χ0v) is 16.5. The molecule has 144 valence electrons. The summed E-state index contributed by atoms with van der Waals surface area (Å²) in [6.07, 6.45) is 8.61. The van der Waals surface area contributed by atoms with E-state index in [9.17, 15) is 0 Å². The van der Waals surface area contributed by atoms with Gasteiger partial charge in [-0.3, -0.25) is 0 Å². The standard InChI is InChI=1S/C25H24N4/c1-28-15-21(17-6-2-4-8-22(17)28)19-12-27-13-20(19)25-18-7-3-5-9-23(18)29-14-16(26)10-11-24(25)29/h2-9,12-13,15-16,27H,10-11,14,26H2,1H3. The number of aromatic amines is 1. The van der Waals surface area contributed by atoms with E-state index < -0.39 is 0 Å². The van der Waals surface area contributed by atoms with Crippen molar-refractivity contribution >= 4 is 21.8 Å². The molecule has 0 saturated carbocycles. The summed E-state index contributed by atoms with van der Waals surface area (Å²) in [5.74, 6) is 0. The molecule has 0 aliphatic carbocycles. The van der Waals surface area contributed by atoms with E-state index in [4.69, 9.17) is 5.73 Å². The lowest BCUT2D eigenvalue weighted by Gasteiger charge is -2.23. The molecule has 0 amide bonds. The summed E-state index contributed by atoms with van der Waals surface area (Å²) < 4.78 is 4.66. The van der Waals surface area contributed by atoms with Gasteiger partial charge in [0.15, 0.2) is 0 Å². The first-order valence-corrected chi connectivity index (χ1v) is 10.3. The van der Waals surface area contributed by atoms with Gasteiger partial charge in [-0.2, -0.15) is 0 Å². The van der Waals surface area contributed by atoms with E-state index in [-0.39, 0.29) is 6.04 Å². The van der Waals surface area contributed by atoms with Crippen LogP contribution in [0.4, 0.5) is 0 Å². The molecule has 0 fully saturated rings. The Kier molecular flexibility index (Phi) is 3.53. The first kappa shape index (κ1) is 16.7. The molecule has 29 heavy (non-hydrogen) atoms. The summed E-state index contributed by atoms with van der Waals surface area (Å²) in [5.41, 5.74) is 15.5. The summed E-state index contributed by atoms with van der Waals surface area (Å²) in [6.45, 7) is 0.893. The van der Waals surface area contributed by atoms with Gasteiger partial charge >= 0.3 is 0 Å². The molecule has 0 bridgehead atoms. The summed E-state index contributed by atoms with van der Waals surface area (Å²) >= 11 is 0. The molecule has 5 aromatic rings. The van der Waals surface area contributed by atoms with Crippen LogP contribution in [0.25, 0.3) is 44.1 Å². The minimum atomic E-state index is 0.231. The minimum Gasteiger partial charge on any atom is -0.366 e. The SMILES string of the molecule is Cn1cc(-c2c[nH]cc2-c2c3n(c4ccccc24)CC(N)CC3)c2ccccc21. The zero-order valence-electron chi connectivity index (χ0n) is 16.5. The van der Waals surface area contributed by atoms with Gasteiger partial charge < -0.3 is 19.9 Å². The summed E-state index contributed by atoms with van der Waals surface area (Å²) in [4.78, 5) is 3.40. The molecule has 6 rings (SSSR count). The molecule has 1 unspecified atom stereocenters. The zero-order chi connectivity index (χ0) is 19.5. The van der Waals surface area contributed by atoms with Crippen molar-refractivity contribution in [1.29, 1.82) is 0 Å². The second-order valence-corrected chi connectivity index (χ2v) is 8.20. The third kappa shape index (κ3) is 2.36. The van der Waals surface area contributed by atoms with Crippen molar-refractivity contribution in [3.05, 3.63) is 72.8 Å². The molecule has 3 N–H and O–H groups in total. The van der Waals surface area contributed by atoms with E-state index in [1.165, 1.54) is 49.8 Å². The van der Waals surface area contributed by atoms with Crippen LogP contribution >= 0.6 is 0 Å².